The number of aromatic nitrogens is 5. The highest BCUT2D eigenvalue weighted by Gasteiger charge is 2.33. The van der Waals surface area contributed by atoms with E-state index in [1.807, 2.05) is 6.92 Å². The molecule has 1 unspecified atom stereocenters. The smallest absolute Gasteiger partial charge is 0.391 e. The van der Waals surface area contributed by atoms with E-state index in [1.165, 1.54) is 29.2 Å². The van der Waals surface area contributed by atoms with Gasteiger partial charge in [0.25, 0.3) is 5.56 Å². The van der Waals surface area contributed by atoms with Crippen molar-refractivity contribution in [2.75, 3.05) is 0 Å². The molecule has 0 fully saturated rings. The molecule has 26 heavy (non-hydrogen) atoms. The summed E-state index contributed by atoms with van der Waals surface area (Å²) in [5, 5.41) is 17.8. The molecule has 1 aromatic carbocycles. The predicted molar refractivity (Wildman–Crippen MR) is 86.4 cm³/mol. The number of aliphatic hydroxyl groups excluding tert-OH is 1. The zero-order chi connectivity index (χ0) is 18.9. The highest BCUT2D eigenvalue weighted by atomic mass is 19.4. The second kappa shape index (κ2) is 6.87. The third-order valence-corrected chi connectivity index (χ3v) is 3.98. The van der Waals surface area contributed by atoms with Gasteiger partial charge in [0.2, 0.25) is 0 Å². The SMILES string of the molecule is CCn1nnc2c(=O)n(CC(O)Cc3ccccc3C(F)(F)F)cnc21. The van der Waals surface area contributed by atoms with E-state index in [0.29, 0.717) is 12.2 Å². The first kappa shape index (κ1) is 18.1. The highest BCUT2D eigenvalue weighted by Crippen LogP contribution is 2.32. The number of nitrogens with zero attached hydrogens (tertiary/aromatic N) is 5. The van der Waals surface area contributed by atoms with Gasteiger partial charge in [-0.3, -0.25) is 9.36 Å². The lowest BCUT2D eigenvalue weighted by Gasteiger charge is -2.16. The quantitative estimate of drug-likeness (QED) is 0.741. The number of aryl methyl sites for hydroxylation is 1. The maximum atomic E-state index is 13.0. The van der Waals surface area contributed by atoms with Crippen molar-refractivity contribution in [2.45, 2.75) is 38.7 Å². The first-order valence-corrected chi connectivity index (χ1v) is 7.93. The van der Waals surface area contributed by atoms with Gasteiger partial charge in [0.15, 0.2) is 11.2 Å². The molecular weight excluding hydrogens is 351 g/mol. The Bertz CT molecular complexity index is 980. The number of hydrogen-bond donors (Lipinski definition) is 1. The Balaban J connectivity index is 1.83. The summed E-state index contributed by atoms with van der Waals surface area (Å²) in [5.41, 5.74) is -0.960. The van der Waals surface area contributed by atoms with E-state index in [1.54, 1.807) is 0 Å². The van der Waals surface area contributed by atoms with Crippen LogP contribution in [-0.4, -0.2) is 35.8 Å². The van der Waals surface area contributed by atoms with Crippen molar-refractivity contribution in [1.82, 2.24) is 24.5 Å². The van der Waals surface area contributed by atoms with E-state index in [4.69, 9.17) is 0 Å². The van der Waals surface area contributed by atoms with Gasteiger partial charge in [-0.1, -0.05) is 23.4 Å². The van der Waals surface area contributed by atoms with Gasteiger partial charge >= 0.3 is 6.18 Å². The lowest BCUT2D eigenvalue weighted by molar-refractivity contribution is -0.138. The van der Waals surface area contributed by atoms with Crippen molar-refractivity contribution in [3.8, 4) is 0 Å². The highest BCUT2D eigenvalue weighted by molar-refractivity contribution is 5.67. The summed E-state index contributed by atoms with van der Waals surface area (Å²) >= 11 is 0. The average molecular weight is 367 g/mol. The van der Waals surface area contributed by atoms with E-state index < -0.39 is 23.4 Å². The lowest BCUT2D eigenvalue weighted by Crippen LogP contribution is -2.29. The monoisotopic (exact) mass is 367 g/mol. The summed E-state index contributed by atoms with van der Waals surface area (Å²) in [6.07, 6.45) is -4.72. The number of fused-ring (bicyclic) bond motifs is 1. The topological polar surface area (TPSA) is 85.8 Å². The van der Waals surface area contributed by atoms with E-state index in [2.05, 4.69) is 15.3 Å². The molecule has 0 aliphatic heterocycles. The maximum absolute atomic E-state index is 13.0. The van der Waals surface area contributed by atoms with Crippen molar-refractivity contribution in [3.63, 3.8) is 0 Å². The Morgan fingerprint density at radius 1 is 1.27 bits per heavy atom. The molecule has 10 heteroatoms. The molecule has 0 amide bonds. The van der Waals surface area contributed by atoms with E-state index >= 15 is 0 Å². The van der Waals surface area contributed by atoms with Gasteiger partial charge in [-0.25, -0.2) is 9.67 Å². The Morgan fingerprint density at radius 2 is 2.00 bits per heavy atom. The van der Waals surface area contributed by atoms with Gasteiger partial charge in [-0.05, 0) is 18.6 Å². The minimum absolute atomic E-state index is 0.0356. The molecule has 1 atom stereocenters. The minimum Gasteiger partial charge on any atom is -0.391 e. The van der Waals surface area contributed by atoms with Gasteiger partial charge < -0.3 is 5.11 Å². The molecule has 0 saturated carbocycles. The first-order chi connectivity index (χ1) is 12.3. The third kappa shape index (κ3) is 3.45. The number of rotatable bonds is 5. The Kier molecular flexibility index (Phi) is 4.77. The molecule has 0 aliphatic rings. The van der Waals surface area contributed by atoms with Crippen LogP contribution in [0.4, 0.5) is 13.2 Å². The van der Waals surface area contributed by atoms with Crippen LogP contribution >= 0.6 is 0 Å². The van der Waals surface area contributed by atoms with Crippen LogP contribution in [0.5, 0.6) is 0 Å². The Morgan fingerprint density at radius 3 is 2.69 bits per heavy atom. The summed E-state index contributed by atoms with van der Waals surface area (Å²) in [6.45, 7) is 2.11. The van der Waals surface area contributed by atoms with Crippen molar-refractivity contribution in [1.29, 1.82) is 0 Å². The molecule has 138 valence electrons. The average Bonchev–Trinajstić information content (AvgIpc) is 3.01. The van der Waals surface area contributed by atoms with Crippen LogP contribution in [0.25, 0.3) is 11.2 Å². The maximum Gasteiger partial charge on any atom is 0.416 e. The number of benzene rings is 1. The largest absolute Gasteiger partial charge is 0.416 e. The van der Waals surface area contributed by atoms with Crippen LogP contribution in [0.3, 0.4) is 0 Å². The van der Waals surface area contributed by atoms with Crippen LogP contribution in [0.1, 0.15) is 18.1 Å². The third-order valence-electron chi connectivity index (χ3n) is 3.98. The minimum atomic E-state index is -4.51. The number of hydrogen-bond acceptors (Lipinski definition) is 5. The summed E-state index contributed by atoms with van der Waals surface area (Å²) < 4.78 is 41.7. The Hall–Kier alpha value is -2.75. The fourth-order valence-electron chi connectivity index (χ4n) is 2.75. The second-order valence-corrected chi connectivity index (χ2v) is 5.79. The van der Waals surface area contributed by atoms with Crippen LogP contribution in [0, 0.1) is 0 Å². The number of aliphatic hydroxyl groups is 1. The normalized spacial score (nSPS) is 13.3. The fourth-order valence-corrected chi connectivity index (χ4v) is 2.75. The van der Waals surface area contributed by atoms with Crippen molar-refractivity contribution < 1.29 is 18.3 Å². The van der Waals surface area contributed by atoms with Crippen molar-refractivity contribution in [2.24, 2.45) is 0 Å². The molecule has 7 nitrogen and oxygen atoms in total. The standard InChI is InChI=1S/C16H16F3N5O2/c1-2-24-14-13(21-22-24)15(26)23(9-20-14)8-11(25)7-10-5-3-4-6-12(10)16(17,18)19/h3-6,9,11,25H,2,7-8H2,1H3. The van der Waals surface area contributed by atoms with Crippen LogP contribution in [0.2, 0.25) is 0 Å². The molecule has 3 rings (SSSR count). The molecule has 3 aromatic rings. The second-order valence-electron chi connectivity index (χ2n) is 5.79. The predicted octanol–water partition coefficient (Wildman–Crippen LogP) is 1.63. The van der Waals surface area contributed by atoms with Gasteiger partial charge in [0, 0.05) is 13.0 Å². The number of halogens is 3. The summed E-state index contributed by atoms with van der Waals surface area (Å²) in [4.78, 5) is 16.5. The molecule has 2 heterocycles. The molecule has 1 N–H and O–H groups in total. The van der Waals surface area contributed by atoms with Gasteiger partial charge in [-0.15, -0.1) is 5.10 Å². The summed E-state index contributed by atoms with van der Waals surface area (Å²) in [5.74, 6) is 0. The molecule has 0 spiro atoms. The molecular formula is C16H16F3N5O2. The van der Waals surface area contributed by atoms with E-state index in [0.717, 1.165) is 10.6 Å². The molecule has 0 saturated heterocycles. The van der Waals surface area contributed by atoms with Crippen LogP contribution in [-0.2, 0) is 25.7 Å². The van der Waals surface area contributed by atoms with E-state index in [-0.39, 0.29) is 24.0 Å². The fraction of sp³-hybridized carbons (Fsp3) is 0.375. The Labute approximate surface area is 145 Å². The van der Waals surface area contributed by atoms with Crippen LogP contribution in [0.15, 0.2) is 35.4 Å². The lowest BCUT2D eigenvalue weighted by atomic mass is 10.0. The van der Waals surface area contributed by atoms with Crippen molar-refractivity contribution in [3.05, 3.63) is 52.1 Å². The van der Waals surface area contributed by atoms with Gasteiger partial charge in [0.1, 0.15) is 6.33 Å². The summed E-state index contributed by atoms with van der Waals surface area (Å²) in [6, 6.07) is 5.03. The molecule has 0 aliphatic carbocycles. The van der Waals surface area contributed by atoms with Gasteiger partial charge in [-0.2, -0.15) is 13.2 Å². The molecule has 0 bridgehead atoms. The molecule has 2 aromatic heterocycles. The van der Waals surface area contributed by atoms with Crippen molar-refractivity contribution >= 4 is 11.2 Å². The first-order valence-electron chi connectivity index (χ1n) is 7.93. The zero-order valence-corrected chi connectivity index (χ0v) is 13.8. The van der Waals surface area contributed by atoms with Crippen LogP contribution < -0.4 is 5.56 Å². The zero-order valence-electron chi connectivity index (χ0n) is 13.8. The summed E-state index contributed by atoms with van der Waals surface area (Å²) in [7, 11) is 0. The van der Waals surface area contributed by atoms with Gasteiger partial charge in [0.05, 0.1) is 18.2 Å². The molecule has 0 radical (unpaired) electrons. The van der Waals surface area contributed by atoms with E-state index in [9.17, 15) is 23.1 Å². The number of alkyl halides is 3.